The van der Waals surface area contributed by atoms with Crippen LogP contribution in [0.15, 0.2) is 18.5 Å². The van der Waals surface area contributed by atoms with E-state index < -0.39 is 0 Å². The van der Waals surface area contributed by atoms with Crippen molar-refractivity contribution in [2.45, 2.75) is 45.4 Å². The molecule has 102 valence electrons. The predicted octanol–water partition coefficient (Wildman–Crippen LogP) is 3.42. The lowest BCUT2D eigenvalue weighted by Gasteiger charge is -2.21. The van der Waals surface area contributed by atoms with Crippen LogP contribution in [0, 0.1) is 12.8 Å². The van der Waals surface area contributed by atoms with Crippen LogP contribution in [0.25, 0.3) is 5.52 Å². The third-order valence-electron chi connectivity index (χ3n) is 4.08. The summed E-state index contributed by atoms with van der Waals surface area (Å²) in [4.78, 5) is 4.43. The zero-order valence-electron chi connectivity index (χ0n) is 11.6. The fourth-order valence-electron chi connectivity index (χ4n) is 3.05. The molecule has 0 amide bonds. The average molecular weight is 258 g/mol. The Morgan fingerprint density at radius 2 is 2.16 bits per heavy atom. The van der Waals surface area contributed by atoms with Crippen molar-refractivity contribution < 1.29 is 0 Å². The Hall–Kier alpha value is -1.58. The first-order valence-electron chi connectivity index (χ1n) is 7.38. The van der Waals surface area contributed by atoms with Crippen LogP contribution < -0.4 is 5.32 Å². The number of fused-ring (bicyclic) bond motifs is 1. The Kier molecular flexibility index (Phi) is 3.67. The van der Waals surface area contributed by atoms with Crippen LogP contribution in [0.1, 0.15) is 44.2 Å². The van der Waals surface area contributed by atoms with E-state index in [2.05, 4.69) is 21.5 Å². The molecule has 1 N–H and O–H groups in total. The molecule has 0 unspecified atom stereocenters. The first kappa shape index (κ1) is 12.5. The lowest BCUT2D eigenvalue weighted by atomic mass is 9.87. The van der Waals surface area contributed by atoms with Gasteiger partial charge in [0.05, 0.1) is 5.69 Å². The molecular weight excluding hydrogens is 236 g/mol. The molecule has 1 aliphatic carbocycles. The van der Waals surface area contributed by atoms with Crippen molar-refractivity contribution in [1.29, 1.82) is 0 Å². The second-order valence-corrected chi connectivity index (χ2v) is 5.61. The highest BCUT2D eigenvalue weighted by Gasteiger charge is 2.13. The van der Waals surface area contributed by atoms with Crippen LogP contribution in [-0.4, -0.2) is 21.1 Å². The van der Waals surface area contributed by atoms with E-state index in [0.29, 0.717) is 0 Å². The molecule has 0 spiro atoms. The van der Waals surface area contributed by atoms with Gasteiger partial charge in [0.15, 0.2) is 5.82 Å². The van der Waals surface area contributed by atoms with Gasteiger partial charge in [0.2, 0.25) is 0 Å². The van der Waals surface area contributed by atoms with Crippen molar-refractivity contribution in [1.82, 2.24) is 14.6 Å². The Morgan fingerprint density at radius 3 is 3.00 bits per heavy atom. The molecule has 0 radical (unpaired) electrons. The first-order valence-corrected chi connectivity index (χ1v) is 7.38. The van der Waals surface area contributed by atoms with Gasteiger partial charge < -0.3 is 5.32 Å². The predicted molar refractivity (Wildman–Crippen MR) is 77.4 cm³/mol. The largest absolute Gasteiger partial charge is 0.368 e. The number of nitrogens with one attached hydrogen (secondary N) is 1. The zero-order valence-corrected chi connectivity index (χ0v) is 11.6. The summed E-state index contributed by atoms with van der Waals surface area (Å²) in [6, 6.07) is 2.08. The van der Waals surface area contributed by atoms with Crippen LogP contribution in [-0.2, 0) is 0 Å². The molecule has 0 atom stereocenters. The third kappa shape index (κ3) is 2.88. The monoisotopic (exact) mass is 258 g/mol. The highest BCUT2D eigenvalue weighted by atomic mass is 15.2. The molecule has 1 saturated carbocycles. The van der Waals surface area contributed by atoms with Crippen LogP contribution in [0.2, 0.25) is 0 Å². The molecule has 2 aromatic rings. The van der Waals surface area contributed by atoms with E-state index >= 15 is 0 Å². The Morgan fingerprint density at radius 1 is 1.32 bits per heavy atom. The van der Waals surface area contributed by atoms with E-state index in [4.69, 9.17) is 0 Å². The second kappa shape index (κ2) is 5.59. The van der Waals surface area contributed by atoms with Crippen LogP contribution in [0.4, 0.5) is 5.82 Å². The Labute approximate surface area is 114 Å². The van der Waals surface area contributed by atoms with Crippen LogP contribution in [0.3, 0.4) is 0 Å². The van der Waals surface area contributed by atoms with E-state index in [0.717, 1.165) is 29.5 Å². The molecule has 19 heavy (non-hydrogen) atoms. The summed E-state index contributed by atoms with van der Waals surface area (Å²) in [7, 11) is 0. The molecule has 0 aliphatic heterocycles. The number of anilines is 1. The molecule has 0 aromatic carbocycles. The van der Waals surface area contributed by atoms with Gasteiger partial charge in [-0.05, 0) is 25.3 Å². The van der Waals surface area contributed by atoms with E-state index in [1.54, 1.807) is 0 Å². The summed E-state index contributed by atoms with van der Waals surface area (Å²) in [5, 5.41) is 7.88. The lowest BCUT2D eigenvalue weighted by Crippen LogP contribution is -2.13. The van der Waals surface area contributed by atoms with Gasteiger partial charge in [0.1, 0.15) is 5.52 Å². The van der Waals surface area contributed by atoms with Gasteiger partial charge in [-0.2, -0.15) is 5.10 Å². The molecule has 1 fully saturated rings. The Bertz CT molecular complexity index is 540. The maximum Gasteiger partial charge on any atom is 0.152 e. The summed E-state index contributed by atoms with van der Waals surface area (Å²) in [6.45, 7) is 3.03. The quantitative estimate of drug-likeness (QED) is 0.913. The number of nitrogens with zero attached hydrogens (tertiary/aromatic N) is 3. The van der Waals surface area contributed by atoms with Crippen molar-refractivity contribution in [2.24, 2.45) is 5.92 Å². The molecule has 1 aliphatic rings. The minimum absolute atomic E-state index is 0.910. The summed E-state index contributed by atoms with van der Waals surface area (Å²) in [6.07, 6.45) is 12.0. The molecule has 2 heterocycles. The van der Waals surface area contributed by atoms with Crippen molar-refractivity contribution in [3.05, 3.63) is 24.2 Å². The SMILES string of the molecule is Cc1cc2c(NCCC3CCCCC3)nccn2n1. The van der Waals surface area contributed by atoms with E-state index in [9.17, 15) is 0 Å². The first-order chi connectivity index (χ1) is 9.33. The van der Waals surface area contributed by atoms with E-state index in [1.807, 2.05) is 23.8 Å². The lowest BCUT2D eigenvalue weighted by molar-refractivity contribution is 0.345. The van der Waals surface area contributed by atoms with Crippen molar-refractivity contribution in [3.63, 3.8) is 0 Å². The number of aromatic nitrogens is 3. The van der Waals surface area contributed by atoms with Crippen molar-refractivity contribution in [3.8, 4) is 0 Å². The van der Waals surface area contributed by atoms with Gasteiger partial charge in [-0.25, -0.2) is 9.50 Å². The standard InChI is InChI=1S/C15H22N4/c1-12-11-14-15(17-9-10-19(14)18-12)16-8-7-13-5-3-2-4-6-13/h9-11,13H,2-8H2,1H3,(H,16,17). The number of hydrogen-bond acceptors (Lipinski definition) is 3. The summed E-state index contributed by atoms with van der Waals surface area (Å²) in [5.74, 6) is 1.87. The van der Waals surface area contributed by atoms with Gasteiger partial charge in [-0.1, -0.05) is 32.1 Å². The number of aryl methyl sites for hydroxylation is 1. The molecule has 2 aromatic heterocycles. The van der Waals surface area contributed by atoms with Crippen molar-refractivity contribution in [2.75, 3.05) is 11.9 Å². The highest BCUT2D eigenvalue weighted by Crippen LogP contribution is 2.26. The highest BCUT2D eigenvalue weighted by molar-refractivity contribution is 5.67. The summed E-state index contributed by atoms with van der Waals surface area (Å²) in [5.41, 5.74) is 2.10. The molecule has 3 rings (SSSR count). The maximum atomic E-state index is 4.43. The van der Waals surface area contributed by atoms with Gasteiger partial charge in [0.25, 0.3) is 0 Å². The minimum Gasteiger partial charge on any atom is -0.368 e. The molecule has 4 nitrogen and oxygen atoms in total. The smallest absolute Gasteiger partial charge is 0.152 e. The topological polar surface area (TPSA) is 42.2 Å². The summed E-state index contributed by atoms with van der Waals surface area (Å²) >= 11 is 0. The zero-order chi connectivity index (χ0) is 13.1. The number of hydrogen-bond donors (Lipinski definition) is 1. The Balaban J connectivity index is 1.61. The van der Waals surface area contributed by atoms with Gasteiger partial charge in [-0.15, -0.1) is 0 Å². The second-order valence-electron chi connectivity index (χ2n) is 5.61. The third-order valence-corrected chi connectivity index (χ3v) is 4.08. The van der Waals surface area contributed by atoms with Crippen molar-refractivity contribution >= 4 is 11.3 Å². The fourth-order valence-corrected chi connectivity index (χ4v) is 3.05. The number of rotatable bonds is 4. The molecular formula is C15H22N4. The van der Waals surface area contributed by atoms with Gasteiger partial charge in [0, 0.05) is 18.9 Å². The van der Waals surface area contributed by atoms with Crippen LogP contribution >= 0.6 is 0 Å². The minimum atomic E-state index is 0.910. The van der Waals surface area contributed by atoms with Gasteiger partial charge in [-0.3, -0.25) is 0 Å². The molecule has 4 heteroatoms. The van der Waals surface area contributed by atoms with Gasteiger partial charge >= 0.3 is 0 Å². The fraction of sp³-hybridized carbons (Fsp3) is 0.600. The average Bonchev–Trinajstić information content (AvgIpc) is 2.81. The normalized spacial score (nSPS) is 16.9. The summed E-state index contributed by atoms with van der Waals surface area (Å²) < 4.78 is 1.89. The van der Waals surface area contributed by atoms with Crippen LogP contribution in [0.5, 0.6) is 0 Å². The van der Waals surface area contributed by atoms with E-state index in [1.165, 1.54) is 38.5 Å². The maximum absolute atomic E-state index is 4.43. The molecule has 0 saturated heterocycles. The molecule has 0 bridgehead atoms. The van der Waals surface area contributed by atoms with E-state index in [-0.39, 0.29) is 0 Å².